The lowest BCUT2D eigenvalue weighted by atomic mass is 9.98. The summed E-state index contributed by atoms with van der Waals surface area (Å²) in [4.78, 5) is 33.9. The summed E-state index contributed by atoms with van der Waals surface area (Å²) in [7, 11) is 0. The monoisotopic (exact) mass is 427 g/mol. The maximum absolute atomic E-state index is 12.9. The molecule has 0 bridgehead atoms. The number of carbonyl (C=O) groups is 2. The highest BCUT2D eigenvalue weighted by molar-refractivity contribution is 6.46. The van der Waals surface area contributed by atoms with Gasteiger partial charge in [-0.3, -0.25) is 19.5 Å². The first-order valence-corrected chi connectivity index (χ1v) is 10.2. The molecule has 2 aliphatic heterocycles. The van der Waals surface area contributed by atoms with Crippen LogP contribution in [0.25, 0.3) is 5.76 Å². The smallest absolute Gasteiger partial charge is 0.295 e. The van der Waals surface area contributed by atoms with Crippen LogP contribution < -0.4 is 0 Å². The lowest BCUT2D eigenvalue weighted by molar-refractivity contribution is -0.140. The number of aliphatic hydroxyl groups is 1. The van der Waals surface area contributed by atoms with E-state index in [1.54, 1.807) is 48.7 Å². The van der Waals surface area contributed by atoms with Crippen molar-refractivity contribution in [3.05, 3.63) is 70.5 Å². The molecule has 3 heterocycles. The number of aliphatic hydroxyl groups excluding tert-OH is 1. The van der Waals surface area contributed by atoms with Crippen molar-refractivity contribution in [1.82, 2.24) is 14.8 Å². The summed E-state index contributed by atoms with van der Waals surface area (Å²) in [6.45, 7) is 3.83. The number of pyridine rings is 1. The van der Waals surface area contributed by atoms with Gasteiger partial charge in [-0.1, -0.05) is 17.7 Å². The number of benzene rings is 1. The van der Waals surface area contributed by atoms with Crippen molar-refractivity contribution in [3.8, 4) is 0 Å². The highest BCUT2D eigenvalue weighted by atomic mass is 35.5. The summed E-state index contributed by atoms with van der Waals surface area (Å²) in [5.41, 5.74) is 1.00. The van der Waals surface area contributed by atoms with E-state index in [1.807, 2.05) is 0 Å². The minimum atomic E-state index is -0.747. The molecule has 2 saturated heterocycles. The summed E-state index contributed by atoms with van der Waals surface area (Å²) in [5, 5.41) is 11.5. The highest BCUT2D eigenvalue weighted by Crippen LogP contribution is 2.38. The quantitative estimate of drug-likeness (QED) is 0.448. The normalized spacial score (nSPS) is 21.9. The van der Waals surface area contributed by atoms with Crippen LogP contribution in [0.4, 0.5) is 0 Å². The average Bonchev–Trinajstić information content (AvgIpc) is 3.04. The number of ketones is 1. The molecule has 1 atom stereocenters. The SMILES string of the molecule is O=C1C(=O)N(CCN2CCOCC2)C(c2ccccn2)C1=C(O)c1ccc(Cl)cc1. The van der Waals surface area contributed by atoms with Gasteiger partial charge in [0.1, 0.15) is 11.8 Å². The predicted octanol–water partition coefficient (Wildman–Crippen LogP) is 2.49. The fourth-order valence-corrected chi connectivity index (χ4v) is 3.92. The van der Waals surface area contributed by atoms with E-state index < -0.39 is 17.7 Å². The Morgan fingerprint density at radius 2 is 1.83 bits per heavy atom. The van der Waals surface area contributed by atoms with Crippen molar-refractivity contribution in [2.24, 2.45) is 0 Å². The van der Waals surface area contributed by atoms with Gasteiger partial charge in [-0.25, -0.2) is 0 Å². The first-order chi connectivity index (χ1) is 14.6. The van der Waals surface area contributed by atoms with E-state index in [0.29, 0.717) is 42.6 Å². The van der Waals surface area contributed by atoms with E-state index in [4.69, 9.17) is 16.3 Å². The molecule has 0 spiro atoms. The van der Waals surface area contributed by atoms with Crippen LogP contribution in [0.3, 0.4) is 0 Å². The van der Waals surface area contributed by atoms with Crippen LogP contribution in [0.2, 0.25) is 5.02 Å². The summed E-state index contributed by atoms with van der Waals surface area (Å²) in [6, 6.07) is 11.1. The number of nitrogens with zero attached hydrogens (tertiary/aromatic N) is 3. The molecular weight excluding hydrogens is 406 g/mol. The van der Waals surface area contributed by atoms with Crippen LogP contribution in [-0.4, -0.2) is 71.0 Å². The third-order valence-electron chi connectivity index (χ3n) is 5.39. The summed E-state index contributed by atoms with van der Waals surface area (Å²) in [6.07, 6.45) is 1.61. The Hall–Kier alpha value is -2.74. The van der Waals surface area contributed by atoms with Gasteiger partial charge in [0, 0.05) is 43.0 Å². The Morgan fingerprint density at radius 1 is 1.10 bits per heavy atom. The van der Waals surface area contributed by atoms with E-state index >= 15 is 0 Å². The number of halogens is 1. The molecule has 1 aromatic carbocycles. The second-order valence-electron chi connectivity index (χ2n) is 7.21. The number of morpholine rings is 1. The Morgan fingerprint density at radius 3 is 2.50 bits per heavy atom. The van der Waals surface area contributed by atoms with Crippen molar-refractivity contribution < 1.29 is 19.4 Å². The van der Waals surface area contributed by atoms with E-state index in [2.05, 4.69) is 9.88 Å². The fourth-order valence-electron chi connectivity index (χ4n) is 3.79. The number of hydrogen-bond donors (Lipinski definition) is 1. The van der Waals surface area contributed by atoms with Gasteiger partial charge in [-0.15, -0.1) is 0 Å². The molecule has 1 aromatic heterocycles. The van der Waals surface area contributed by atoms with E-state index in [1.165, 1.54) is 4.90 Å². The zero-order valence-corrected chi connectivity index (χ0v) is 17.1. The summed E-state index contributed by atoms with van der Waals surface area (Å²) >= 11 is 5.94. The Balaban J connectivity index is 1.71. The molecule has 0 saturated carbocycles. The van der Waals surface area contributed by atoms with Gasteiger partial charge >= 0.3 is 0 Å². The van der Waals surface area contributed by atoms with Crippen LogP contribution in [0.5, 0.6) is 0 Å². The number of hydrogen-bond acceptors (Lipinski definition) is 6. The van der Waals surface area contributed by atoms with Crippen LogP contribution in [0.1, 0.15) is 17.3 Å². The van der Waals surface area contributed by atoms with Crippen molar-refractivity contribution in [3.63, 3.8) is 0 Å². The van der Waals surface area contributed by atoms with Crippen LogP contribution >= 0.6 is 11.6 Å². The number of rotatable bonds is 5. The zero-order valence-electron chi connectivity index (χ0n) is 16.3. The molecule has 1 N–H and O–H groups in total. The molecule has 7 nitrogen and oxygen atoms in total. The maximum atomic E-state index is 12.9. The first-order valence-electron chi connectivity index (χ1n) is 9.81. The standard InChI is InChI=1S/C22H22ClN3O4/c23-16-6-4-15(5-7-16)20(27)18-19(17-3-1-2-8-24-17)26(22(29)21(18)28)10-9-25-11-13-30-14-12-25/h1-8,19,27H,9-14H2. The summed E-state index contributed by atoms with van der Waals surface area (Å²) in [5.74, 6) is -1.57. The molecule has 2 aliphatic rings. The lowest BCUT2D eigenvalue weighted by Crippen LogP contribution is -2.42. The van der Waals surface area contributed by atoms with Gasteiger partial charge in [0.15, 0.2) is 0 Å². The molecule has 0 aliphatic carbocycles. The molecule has 0 radical (unpaired) electrons. The Labute approximate surface area is 179 Å². The van der Waals surface area contributed by atoms with Crippen LogP contribution in [-0.2, 0) is 14.3 Å². The minimum absolute atomic E-state index is 0.0444. The van der Waals surface area contributed by atoms with Gasteiger partial charge in [0.05, 0.1) is 24.5 Å². The molecule has 8 heteroatoms. The lowest BCUT2D eigenvalue weighted by Gasteiger charge is -2.30. The van der Waals surface area contributed by atoms with Crippen LogP contribution in [0, 0.1) is 0 Å². The van der Waals surface area contributed by atoms with Gasteiger partial charge in [-0.2, -0.15) is 0 Å². The van der Waals surface area contributed by atoms with Gasteiger partial charge in [0.25, 0.3) is 11.7 Å². The number of carbonyl (C=O) groups excluding carboxylic acids is 2. The summed E-state index contributed by atoms with van der Waals surface area (Å²) < 4.78 is 5.37. The van der Waals surface area contributed by atoms with Crippen molar-refractivity contribution >= 4 is 29.1 Å². The highest BCUT2D eigenvalue weighted by Gasteiger charge is 2.46. The topological polar surface area (TPSA) is 83.0 Å². The number of Topliss-reactive ketones (excluding diaryl/α,β-unsaturated/α-hetero) is 1. The molecular formula is C22H22ClN3O4. The van der Waals surface area contributed by atoms with E-state index in [-0.39, 0.29) is 11.3 Å². The second-order valence-corrected chi connectivity index (χ2v) is 7.64. The Bertz CT molecular complexity index is 956. The molecule has 2 aromatic rings. The third kappa shape index (κ3) is 4.09. The number of amides is 1. The van der Waals surface area contributed by atoms with Gasteiger partial charge < -0.3 is 14.7 Å². The Kier molecular flexibility index (Phi) is 6.13. The van der Waals surface area contributed by atoms with Crippen molar-refractivity contribution in [2.45, 2.75) is 6.04 Å². The predicted molar refractivity (Wildman–Crippen MR) is 112 cm³/mol. The van der Waals surface area contributed by atoms with E-state index in [0.717, 1.165) is 13.1 Å². The molecule has 1 amide bonds. The second kappa shape index (κ2) is 8.95. The number of likely N-dealkylation sites (tertiary alicyclic amines) is 1. The maximum Gasteiger partial charge on any atom is 0.295 e. The largest absolute Gasteiger partial charge is 0.507 e. The number of ether oxygens (including phenoxy) is 1. The van der Waals surface area contributed by atoms with Crippen LogP contribution in [0.15, 0.2) is 54.2 Å². The minimum Gasteiger partial charge on any atom is -0.507 e. The number of aromatic nitrogens is 1. The van der Waals surface area contributed by atoms with Gasteiger partial charge in [0.2, 0.25) is 0 Å². The molecule has 1 unspecified atom stereocenters. The van der Waals surface area contributed by atoms with Gasteiger partial charge in [-0.05, 0) is 36.4 Å². The molecule has 156 valence electrons. The molecule has 2 fully saturated rings. The molecule has 30 heavy (non-hydrogen) atoms. The fraction of sp³-hybridized carbons (Fsp3) is 0.318. The zero-order chi connectivity index (χ0) is 21.1. The average molecular weight is 428 g/mol. The van der Waals surface area contributed by atoms with E-state index in [9.17, 15) is 14.7 Å². The third-order valence-corrected chi connectivity index (χ3v) is 5.64. The first kappa shape index (κ1) is 20.5. The van der Waals surface area contributed by atoms with Crippen molar-refractivity contribution in [1.29, 1.82) is 0 Å². The van der Waals surface area contributed by atoms with Crippen molar-refractivity contribution in [2.75, 3.05) is 39.4 Å². The molecule has 4 rings (SSSR count).